The van der Waals surface area contributed by atoms with Gasteiger partial charge in [0.25, 0.3) is 0 Å². The van der Waals surface area contributed by atoms with Crippen LogP contribution in [0.3, 0.4) is 0 Å². The average Bonchev–Trinajstić information content (AvgIpc) is 2.71. The normalized spacial score (nSPS) is 19.3. The highest BCUT2D eigenvalue weighted by molar-refractivity contribution is 6.27. The summed E-state index contributed by atoms with van der Waals surface area (Å²) in [5.41, 5.74) is 0.653. The topological polar surface area (TPSA) is 55.7 Å². The van der Waals surface area contributed by atoms with Gasteiger partial charge in [0.15, 0.2) is 11.6 Å². The van der Waals surface area contributed by atoms with E-state index in [-0.39, 0.29) is 34.7 Å². The smallest absolute Gasteiger partial charge is 0.380 e. The van der Waals surface area contributed by atoms with Gasteiger partial charge < -0.3 is 4.74 Å². The Morgan fingerprint density at radius 3 is 2.19 bits per heavy atom. The van der Waals surface area contributed by atoms with Crippen molar-refractivity contribution in [3.05, 3.63) is 70.0 Å². The number of allylic oxidation sites excluding steroid dienone is 5. The number of carbonyl (C=O) groups is 2. The third-order valence-corrected chi connectivity index (χ3v) is 5.74. The minimum Gasteiger partial charge on any atom is -0.380 e. The Morgan fingerprint density at radius 1 is 1.13 bits per heavy atom. The SMILES string of the molecule is C=N/C(=C\C=C(/C)C(F)(F)F)CC1=C(CCC2(C)COC2)C(=O)c2ccccc2C1=O. The molecule has 7 heteroatoms. The largest absolute Gasteiger partial charge is 0.412 e. The molecule has 1 aliphatic carbocycles. The van der Waals surface area contributed by atoms with Gasteiger partial charge in [0.1, 0.15) is 0 Å². The van der Waals surface area contributed by atoms with E-state index in [4.69, 9.17) is 4.74 Å². The summed E-state index contributed by atoms with van der Waals surface area (Å²) in [6.07, 6.45) is -1.37. The van der Waals surface area contributed by atoms with Crippen molar-refractivity contribution in [3.63, 3.8) is 0 Å². The van der Waals surface area contributed by atoms with Crippen LogP contribution in [0.4, 0.5) is 13.2 Å². The van der Waals surface area contributed by atoms with Gasteiger partial charge in [0.05, 0.1) is 13.2 Å². The molecule has 0 spiro atoms. The van der Waals surface area contributed by atoms with Gasteiger partial charge in [0.2, 0.25) is 0 Å². The fourth-order valence-corrected chi connectivity index (χ4v) is 3.62. The van der Waals surface area contributed by atoms with Crippen LogP contribution in [-0.2, 0) is 4.74 Å². The Labute approximate surface area is 179 Å². The monoisotopic (exact) mass is 431 g/mol. The van der Waals surface area contributed by atoms with Gasteiger partial charge >= 0.3 is 6.18 Å². The summed E-state index contributed by atoms with van der Waals surface area (Å²) in [6.45, 7) is 7.62. The number of aliphatic imine (C=N–C) groups is 1. The molecule has 1 aromatic carbocycles. The zero-order valence-corrected chi connectivity index (χ0v) is 17.5. The number of rotatable bonds is 7. The van der Waals surface area contributed by atoms with Crippen LogP contribution in [0.2, 0.25) is 0 Å². The molecule has 1 heterocycles. The molecule has 0 N–H and O–H groups in total. The van der Waals surface area contributed by atoms with Crippen LogP contribution in [-0.4, -0.2) is 37.7 Å². The summed E-state index contributed by atoms with van der Waals surface area (Å²) >= 11 is 0. The lowest BCUT2D eigenvalue weighted by Crippen LogP contribution is -2.40. The molecule has 0 amide bonds. The van der Waals surface area contributed by atoms with Crippen LogP contribution in [0.1, 0.15) is 53.8 Å². The lowest BCUT2D eigenvalue weighted by Gasteiger charge is -2.38. The van der Waals surface area contributed by atoms with Crippen LogP contribution in [0.5, 0.6) is 0 Å². The summed E-state index contributed by atoms with van der Waals surface area (Å²) in [6, 6.07) is 6.59. The third-order valence-electron chi connectivity index (χ3n) is 5.74. The number of ketones is 2. The first-order chi connectivity index (χ1) is 14.6. The second-order valence-electron chi connectivity index (χ2n) is 8.30. The van der Waals surface area contributed by atoms with E-state index in [1.54, 1.807) is 24.3 Å². The maximum absolute atomic E-state index is 13.2. The number of alkyl halides is 3. The highest BCUT2D eigenvalue weighted by Crippen LogP contribution is 2.38. The lowest BCUT2D eigenvalue weighted by molar-refractivity contribution is -0.105. The van der Waals surface area contributed by atoms with E-state index in [0.29, 0.717) is 42.8 Å². The fourth-order valence-electron chi connectivity index (χ4n) is 3.62. The van der Waals surface area contributed by atoms with Gasteiger partial charge in [-0.3, -0.25) is 14.6 Å². The number of halogens is 3. The second kappa shape index (κ2) is 8.75. The van der Waals surface area contributed by atoms with E-state index in [1.165, 1.54) is 6.08 Å². The molecule has 1 saturated heterocycles. The molecule has 2 aliphatic rings. The molecule has 1 fully saturated rings. The highest BCUT2D eigenvalue weighted by Gasteiger charge is 2.37. The second-order valence-corrected chi connectivity index (χ2v) is 8.30. The van der Waals surface area contributed by atoms with Gasteiger partial charge in [-0.05, 0) is 32.6 Å². The van der Waals surface area contributed by atoms with Gasteiger partial charge in [-0.2, -0.15) is 13.2 Å². The highest BCUT2D eigenvalue weighted by atomic mass is 19.4. The van der Waals surface area contributed by atoms with Gasteiger partial charge in [0, 0.05) is 45.4 Å². The number of nitrogens with zero attached hydrogens (tertiary/aromatic N) is 1. The van der Waals surface area contributed by atoms with Gasteiger partial charge in [-0.25, -0.2) is 0 Å². The molecule has 1 aromatic rings. The van der Waals surface area contributed by atoms with Crippen LogP contribution >= 0.6 is 0 Å². The Balaban J connectivity index is 1.98. The molecule has 164 valence electrons. The third kappa shape index (κ3) is 4.93. The molecule has 31 heavy (non-hydrogen) atoms. The predicted molar refractivity (Wildman–Crippen MR) is 112 cm³/mol. The molecule has 0 atom stereocenters. The zero-order valence-electron chi connectivity index (χ0n) is 17.5. The first-order valence-corrected chi connectivity index (χ1v) is 9.95. The fraction of sp³-hybridized carbons (Fsp3) is 0.375. The maximum Gasteiger partial charge on any atom is 0.412 e. The number of carbonyl (C=O) groups excluding carboxylic acids is 2. The van der Waals surface area contributed by atoms with E-state index in [2.05, 4.69) is 18.6 Å². The Kier molecular flexibility index (Phi) is 6.46. The van der Waals surface area contributed by atoms with Gasteiger partial charge in [-0.1, -0.05) is 37.3 Å². The van der Waals surface area contributed by atoms with Crippen LogP contribution < -0.4 is 0 Å². The molecule has 4 nitrogen and oxygen atoms in total. The minimum atomic E-state index is -4.46. The van der Waals surface area contributed by atoms with Crippen molar-refractivity contribution >= 4 is 18.3 Å². The number of benzene rings is 1. The van der Waals surface area contributed by atoms with Crippen molar-refractivity contribution in [2.75, 3.05) is 13.2 Å². The maximum atomic E-state index is 13.2. The number of hydrogen-bond donors (Lipinski definition) is 0. The molecular weight excluding hydrogens is 407 g/mol. The number of ether oxygens (including phenoxy) is 1. The van der Waals surface area contributed by atoms with Crippen molar-refractivity contribution in [1.29, 1.82) is 0 Å². The first kappa shape index (κ1) is 22.9. The molecule has 3 rings (SSSR count). The summed E-state index contributed by atoms with van der Waals surface area (Å²) in [5.74, 6) is -0.522. The molecule has 0 bridgehead atoms. The molecule has 0 radical (unpaired) electrons. The quantitative estimate of drug-likeness (QED) is 0.413. The Bertz CT molecular complexity index is 1010. The van der Waals surface area contributed by atoms with E-state index in [0.717, 1.165) is 13.0 Å². The molecule has 0 aromatic heterocycles. The van der Waals surface area contributed by atoms with Crippen molar-refractivity contribution < 1.29 is 27.5 Å². The average molecular weight is 431 g/mol. The standard InChI is InChI=1S/C24H24F3NO3/c1-15(24(25,26)27)8-9-16(28-3)12-20-19(10-11-23(2)13-31-14-23)21(29)17-6-4-5-7-18(17)22(20)30/h4-9H,3,10-14H2,1-2H3/b15-8+,16-9-. The summed E-state index contributed by atoms with van der Waals surface area (Å²) in [4.78, 5) is 30.2. The Morgan fingerprint density at radius 2 is 1.71 bits per heavy atom. The van der Waals surface area contributed by atoms with Crippen molar-refractivity contribution in [2.45, 2.75) is 39.3 Å². The van der Waals surface area contributed by atoms with Crippen LogP contribution in [0, 0.1) is 5.41 Å². The Hall–Kier alpha value is -2.80. The van der Waals surface area contributed by atoms with E-state index >= 15 is 0 Å². The minimum absolute atomic E-state index is 0.0552. The van der Waals surface area contributed by atoms with Crippen molar-refractivity contribution in [1.82, 2.24) is 0 Å². The van der Waals surface area contributed by atoms with E-state index in [9.17, 15) is 22.8 Å². The first-order valence-electron chi connectivity index (χ1n) is 9.95. The summed E-state index contributed by atoms with van der Waals surface area (Å²) in [5, 5.41) is 0. The van der Waals surface area contributed by atoms with Gasteiger partial charge in [-0.15, -0.1) is 0 Å². The molecule has 0 saturated carbocycles. The molecule has 1 aliphatic heterocycles. The number of hydrogen-bond acceptors (Lipinski definition) is 4. The van der Waals surface area contributed by atoms with Crippen LogP contribution in [0.25, 0.3) is 0 Å². The van der Waals surface area contributed by atoms with Crippen LogP contribution in [0.15, 0.2) is 63.8 Å². The summed E-state index contributed by atoms with van der Waals surface area (Å²) in [7, 11) is 0. The van der Waals surface area contributed by atoms with Crippen molar-refractivity contribution in [2.24, 2.45) is 10.4 Å². The zero-order chi connectivity index (χ0) is 22.8. The van der Waals surface area contributed by atoms with E-state index < -0.39 is 11.7 Å². The van der Waals surface area contributed by atoms with E-state index in [1.807, 2.05) is 0 Å². The number of fused-ring (bicyclic) bond motifs is 1. The number of Topliss-reactive ketones (excluding diaryl/α,β-unsaturated/α-hetero) is 2. The van der Waals surface area contributed by atoms with Crippen molar-refractivity contribution in [3.8, 4) is 0 Å². The lowest BCUT2D eigenvalue weighted by atomic mass is 9.76. The molecule has 0 unspecified atom stereocenters. The summed E-state index contributed by atoms with van der Waals surface area (Å²) < 4.78 is 43.6. The predicted octanol–water partition coefficient (Wildman–Crippen LogP) is 5.66. The molecular formula is C24H24F3NO3.